The molecule has 0 N–H and O–H groups in total. The van der Waals surface area contributed by atoms with Gasteiger partial charge in [0.1, 0.15) is 0 Å². The van der Waals surface area contributed by atoms with Gasteiger partial charge in [-0.15, -0.1) is 6.58 Å². The van der Waals surface area contributed by atoms with Crippen LogP contribution in [0.3, 0.4) is 0 Å². The average Bonchev–Trinajstić information content (AvgIpc) is 2.36. The van der Waals surface area contributed by atoms with Gasteiger partial charge in [0.05, 0.1) is 0 Å². The zero-order valence-electron chi connectivity index (χ0n) is 12.2. The second-order valence-electron chi connectivity index (χ2n) is 4.93. The van der Waals surface area contributed by atoms with Gasteiger partial charge in [-0.3, -0.25) is 0 Å². The first-order valence-electron chi connectivity index (χ1n) is 7.68. The quantitative estimate of drug-likeness (QED) is 0.322. The molecule has 0 radical (unpaired) electrons. The molecule has 0 aromatic carbocycles. The lowest BCUT2D eigenvalue weighted by molar-refractivity contribution is 0.295. The van der Waals surface area contributed by atoms with Crippen LogP contribution in [-0.2, 0) is 0 Å². The van der Waals surface area contributed by atoms with Crippen molar-refractivity contribution in [2.24, 2.45) is 0 Å². The lowest BCUT2D eigenvalue weighted by Gasteiger charge is -2.17. The van der Waals surface area contributed by atoms with Crippen LogP contribution in [0.25, 0.3) is 0 Å². The van der Waals surface area contributed by atoms with E-state index in [1.807, 2.05) is 6.08 Å². The van der Waals surface area contributed by atoms with E-state index >= 15 is 0 Å². The molecular formula is C16H33N. The van der Waals surface area contributed by atoms with Crippen molar-refractivity contribution < 1.29 is 0 Å². The largest absolute Gasteiger partial charge is 0.304 e. The SMILES string of the molecule is C=CCCCCCCCCCCN(CC)CC. The molecular weight excluding hydrogens is 206 g/mol. The lowest BCUT2D eigenvalue weighted by Crippen LogP contribution is -2.23. The Balaban J connectivity index is 3.05. The van der Waals surface area contributed by atoms with Gasteiger partial charge in [-0.05, 0) is 38.9 Å². The van der Waals surface area contributed by atoms with E-state index < -0.39 is 0 Å². The summed E-state index contributed by atoms with van der Waals surface area (Å²) < 4.78 is 0. The number of nitrogens with zero attached hydrogens (tertiary/aromatic N) is 1. The van der Waals surface area contributed by atoms with Crippen molar-refractivity contribution in [1.29, 1.82) is 0 Å². The maximum Gasteiger partial charge on any atom is -0.00190 e. The molecule has 0 fully saturated rings. The van der Waals surface area contributed by atoms with E-state index in [1.54, 1.807) is 0 Å². The Morgan fingerprint density at radius 1 is 0.765 bits per heavy atom. The maximum atomic E-state index is 3.75. The Morgan fingerprint density at radius 3 is 1.71 bits per heavy atom. The van der Waals surface area contributed by atoms with Gasteiger partial charge in [0.2, 0.25) is 0 Å². The highest BCUT2D eigenvalue weighted by Crippen LogP contribution is 2.10. The second kappa shape index (κ2) is 13.8. The Hall–Kier alpha value is -0.300. The monoisotopic (exact) mass is 239 g/mol. The molecule has 0 unspecified atom stereocenters. The van der Waals surface area contributed by atoms with Crippen molar-refractivity contribution in [3.05, 3.63) is 12.7 Å². The number of rotatable bonds is 13. The van der Waals surface area contributed by atoms with E-state index in [1.165, 1.54) is 77.4 Å². The van der Waals surface area contributed by atoms with Crippen LogP contribution in [0.5, 0.6) is 0 Å². The van der Waals surface area contributed by atoms with Crippen LogP contribution in [-0.4, -0.2) is 24.5 Å². The molecule has 17 heavy (non-hydrogen) atoms. The predicted molar refractivity (Wildman–Crippen MR) is 79.5 cm³/mol. The maximum absolute atomic E-state index is 3.75. The summed E-state index contributed by atoms with van der Waals surface area (Å²) in [6.45, 7) is 12.0. The molecule has 0 amide bonds. The summed E-state index contributed by atoms with van der Waals surface area (Å²) in [5.74, 6) is 0. The molecule has 0 aliphatic carbocycles. The summed E-state index contributed by atoms with van der Waals surface area (Å²) in [6.07, 6.45) is 14.5. The van der Waals surface area contributed by atoms with Crippen molar-refractivity contribution in [3.8, 4) is 0 Å². The van der Waals surface area contributed by atoms with Crippen LogP contribution in [0.4, 0.5) is 0 Å². The molecule has 0 saturated heterocycles. The van der Waals surface area contributed by atoms with Gasteiger partial charge in [0.25, 0.3) is 0 Å². The standard InChI is InChI=1S/C16H33N/c1-4-7-8-9-10-11-12-13-14-15-16-17(5-2)6-3/h4H,1,5-16H2,2-3H3. The third-order valence-electron chi connectivity index (χ3n) is 3.53. The second-order valence-corrected chi connectivity index (χ2v) is 4.93. The van der Waals surface area contributed by atoms with Gasteiger partial charge >= 0.3 is 0 Å². The number of hydrogen-bond acceptors (Lipinski definition) is 1. The molecule has 0 aliphatic rings. The fourth-order valence-corrected chi connectivity index (χ4v) is 2.22. The van der Waals surface area contributed by atoms with Gasteiger partial charge in [-0.25, -0.2) is 0 Å². The van der Waals surface area contributed by atoms with E-state index in [0.29, 0.717) is 0 Å². The van der Waals surface area contributed by atoms with Crippen molar-refractivity contribution in [1.82, 2.24) is 4.90 Å². The van der Waals surface area contributed by atoms with Crippen molar-refractivity contribution in [2.45, 2.75) is 71.6 Å². The van der Waals surface area contributed by atoms with E-state index in [4.69, 9.17) is 0 Å². The van der Waals surface area contributed by atoms with Crippen LogP contribution < -0.4 is 0 Å². The number of allylic oxidation sites excluding steroid dienone is 1. The Kier molecular flexibility index (Phi) is 13.5. The molecule has 0 aromatic heterocycles. The van der Waals surface area contributed by atoms with Crippen LogP contribution in [0.15, 0.2) is 12.7 Å². The first kappa shape index (κ1) is 16.7. The summed E-state index contributed by atoms with van der Waals surface area (Å²) in [5.41, 5.74) is 0. The third kappa shape index (κ3) is 12.0. The van der Waals surface area contributed by atoms with Gasteiger partial charge in [-0.1, -0.05) is 58.4 Å². The molecule has 102 valence electrons. The highest BCUT2D eigenvalue weighted by atomic mass is 15.1. The molecule has 0 atom stereocenters. The summed E-state index contributed by atoms with van der Waals surface area (Å²) >= 11 is 0. The fraction of sp³-hybridized carbons (Fsp3) is 0.875. The lowest BCUT2D eigenvalue weighted by atomic mass is 10.1. The minimum Gasteiger partial charge on any atom is -0.304 e. The first-order chi connectivity index (χ1) is 8.35. The molecule has 0 heterocycles. The predicted octanol–water partition coefficient (Wildman–Crippen LogP) is 5.03. The zero-order valence-corrected chi connectivity index (χ0v) is 12.2. The summed E-state index contributed by atoms with van der Waals surface area (Å²) in [7, 11) is 0. The summed E-state index contributed by atoms with van der Waals surface area (Å²) in [5, 5.41) is 0. The van der Waals surface area contributed by atoms with Gasteiger partial charge in [0.15, 0.2) is 0 Å². The van der Waals surface area contributed by atoms with E-state index in [2.05, 4.69) is 25.3 Å². The fourth-order valence-electron chi connectivity index (χ4n) is 2.22. The molecule has 1 nitrogen and oxygen atoms in total. The Bertz CT molecular complexity index is 150. The minimum absolute atomic E-state index is 1.20. The smallest absolute Gasteiger partial charge is 0.00190 e. The van der Waals surface area contributed by atoms with Crippen molar-refractivity contribution in [2.75, 3.05) is 19.6 Å². The Morgan fingerprint density at radius 2 is 1.24 bits per heavy atom. The molecule has 0 bridgehead atoms. The first-order valence-corrected chi connectivity index (χ1v) is 7.68. The van der Waals surface area contributed by atoms with Crippen LogP contribution in [0.2, 0.25) is 0 Å². The minimum atomic E-state index is 1.20. The average molecular weight is 239 g/mol. The van der Waals surface area contributed by atoms with Crippen LogP contribution in [0.1, 0.15) is 71.6 Å². The summed E-state index contributed by atoms with van der Waals surface area (Å²) in [6, 6.07) is 0. The van der Waals surface area contributed by atoms with Gasteiger partial charge in [-0.2, -0.15) is 0 Å². The number of hydrogen-bond donors (Lipinski definition) is 0. The normalized spacial score (nSPS) is 11.0. The molecule has 0 aromatic rings. The molecule has 0 spiro atoms. The van der Waals surface area contributed by atoms with E-state index in [-0.39, 0.29) is 0 Å². The van der Waals surface area contributed by atoms with Crippen LogP contribution >= 0.6 is 0 Å². The molecule has 1 heteroatoms. The third-order valence-corrected chi connectivity index (χ3v) is 3.53. The topological polar surface area (TPSA) is 3.24 Å². The van der Waals surface area contributed by atoms with Crippen LogP contribution in [0, 0.1) is 0 Å². The van der Waals surface area contributed by atoms with Crippen molar-refractivity contribution in [3.63, 3.8) is 0 Å². The number of unbranched alkanes of at least 4 members (excludes halogenated alkanes) is 8. The highest BCUT2D eigenvalue weighted by Gasteiger charge is 1.97. The zero-order chi connectivity index (χ0) is 12.8. The van der Waals surface area contributed by atoms with Gasteiger partial charge < -0.3 is 4.90 Å². The van der Waals surface area contributed by atoms with E-state index in [0.717, 1.165) is 0 Å². The molecule has 0 aliphatic heterocycles. The Labute approximate surface area is 109 Å². The summed E-state index contributed by atoms with van der Waals surface area (Å²) in [4.78, 5) is 2.52. The van der Waals surface area contributed by atoms with Gasteiger partial charge in [0, 0.05) is 0 Å². The molecule has 0 rings (SSSR count). The van der Waals surface area contributed by atoms with E-state index in [9.17, 15) is 0 Å². The molecule has 0 saturated carbocycles. The van der Waals surface area contributed by atoms with Crippen molar-refractivity contribution >= 4 is 0 Å². The highest BCUT2D eigenvalue weighted by molar-refractivity contribution is 4.65.